The van der Waals surface area contributed by atoms with Gasteiger partial charge in [-0.1, -0.05) is 66.4 Å². The third kappa shape index (κ3) is 5.70. The predicted octanol–water partition coefficient (Wildman–Crippen LogP) is 6.71. The molecule has 2 heterocycles. The summed E-state index contributed by atoms with van der Waals surface area (Å²) in [7, 11) is 0. The summed E-state index contributed by atoms with van der Waals surface area (Å²) in [6.07, 6.45) is 1.52. The smallest absolute Gasteiger partial charge is 0.254 e. The lowest BCUT2D eigenvalue weighted by atomic mass is 9.85. The van der Waals surface area contributed by atoms with Gasteiger partial charge in [0.15, 0.2) is 0 Å². The monoisotopic (exact) mass is 546 g/mol. The molecule has 0 fully saturated rings. The molecule has 198 valence electrons. The van der Waals surface area contributed by atoms with E-state index >= 15 is 0 Å². The topological polar surface area (TPSA) is 98.4 Å². The van der Waals surface area contributed by atoms with Crippen LogP contribution in [0.4, 0.5) is 17.1 Å². The molecular weight excluding hydrogens is 520 g/mol. The lowest BCUT2D eigenvalue weighted by Gasteiger charge is -2.29. The number of dihydropyridines is 1. The summed E-state index contributed by atoms with van der Waals surface area (Å²) in [5, 5.41) is 16.9. The van der Waals surface area contributed by atoms with Crippen molar-refractivity contribution in [2.45, 2.75) is 12.8 Å². The van der Waals surface area contributed by atoms with Crippen LogP contribution in [0, 0.1) is 11.3 Å². The Morgan fingerprint density at radius 1 is 0.925 bits per heavy atom. The molecule has 0 aliphatic carbocycles. The van der Waals surface area contributed by atoms with Crippen molar-refractivity contribution in [1.82, 2.24) is 5.32 Å². The molecule has 2 N–H and O–H groups in total. The predicted molar refractivity (Wildman–Crippen MR) is 157 cm³/mol. The Bertz CT molecular complexity index is 1550. The molecule has 0 radical (unpaired) electrons. The van der Waals surface area contributed by atoms with E-state index in [2.05, 4.69) is 16.7 Å². The number of benzene rings is 3. The van der Waals surface area contributed by atoms with Gasteiger partial charge in [-0.3, -0.25) is 14.5 Å². The summed E-state index contributed by atoms with van der Waals surface area (Å²) >= 11 is 1.23. The molecule has 40 heavy (non-hydrogen) atoms. The van der Waals surface area contributed by atoms with Crippen LogP contribution in [0.2, 0.25) is 0 Å². The molecular formula is C32H26N4O3S. The number of anilines is 3. The van der Waals surface area contributed by atoms with Crippen LogP contribution in [0.15, 0.2) is 136 Å². The molecule has 0 bridgehead atoms. The number of nitrogens with one attached hydrogen (secondary N) is 2. The molecule has 0 saturated carbocycles. The number of para-hydroxylation sites is 3. The van der Waals surface area contributed by atoms with E-state index in [1.807, 2.05) is 78.9 Å². The summed E-state index contributed by atoms with van der Waals surface area (Å²) in [6, 6.07) is 33.7. The Morgan fingerprint density at radius 3 is 2.08 bits per heavy atom. The average molecular weight is 547 g/mol. The van der Waals surface area contributed by atoms with Crippen molar-refractivity contribution < 1.29 is 14.0 Å². The molecule has 1 aliphatic heterocycles. The van der Waals surface area contributed by atoms with E-state index in [0.717, 1.165) is 11.4 Å². The fourth-order valence-electron chi connectivity index (χ4n) is 4.58. The van der Waals surface area contributed by atoms with Gasteiger partial charge in [0.05, 0.1) is 40.2 Å². The zero-order valence-electron chi connectivity index (χ0n) is 21.7. The number of amides is 2. The van der Waals surface area contributed by atoms with Gasteiger partial charge in [-0.25, -0.2) is 0 Å². The Kier molecular flexibility index (Phi) is 8.14. The number of allylic oxidation sites excluding steroid dienone is 2. The minimum Gasteiger partial charge on any atom is -0.468 e. The van der Waals surface area contributed by atoms with Gasteiger partial charge in [0.2, 0.25) is 5.91 Å². The van der Waals surface area contributed by atoms with E-state index in [-0.39, 0.29) is 17.6 Å². The van der Waals surface area contributed by atoms with Gasteiger partial charge < -0.3 is 15.1 Å². The quantitative estimate of drug-likeness (QED) is 0.255. The maximum absolute atomic E-state index is 13.6. The van der Waals surface area contributed by atoms with Crippen molar-refractivity contribution in [3.63, 3.8) is 0 Å². The molecule has 3 aromatic carbocycles. The fraction of sp³-hybridized carbons (Fsp3) is 0.0938. The summed E-state index contributed by atoms with van der Waals surface area (Å²) in [5.41, 5.74) is 3.39. The number of thioether (sulfide) groups is 1. The van der Waals surface area contributed by atoms with Gasteiger partial charge in [-0.05, 0) is 55.5 Å². The SMILES string of the molecule is CC1=C(C(=O)Nc2ccccc2)[C@@H](c2ccco2)C(C#N)=C(SCC(=O)N(c2ccccc2)c2ccccc2)N1. The lowest BCUT2D eigenvalue weighted by molar-refractivity contribution is -0.115. The molecule has 7 nitrogen and oxygen atoms in total. The normalized spacial score (nSPS) is 14.8. The van der Waals surface area contributed by atoms with Crippen LogP contribution >= 0.6 is 11.8 Å². The highest BCUT2D eigenvalue weighted by atomic mass is 32.2. The van der Waals surface area contributed by atoms with E-state index in [4.69, 9.17) is 4.42 Å². The highest BCUT2D eigenvalue weighted by Gasteiger charge is 2.36. The molecule has 4 aromatic rings. The largest absolute Gasteiger partial charge is 0.468 e. The Labute approximate surface area is 236 Å². The maximum atomic E-state index is 13.6. The molecule has 1 atom stereocenters. The summed E-state index contributed by atoms with van der Waals surface area (Å²) in [6.45, 7) is 1.78. The highest BCUT2D eigenvalue weighted by molar-refractivity contribution is 8.03. The zero-order valence-corrected chi connectivity index (χ0v) is 22.5. The van der Waals surface area contributed by atoms with Crippen LogP contribution < -0.4 is 15.5 Å². The van der Waals surface area contributed by atoms with Gasteiger partial charge in [0.1, 0.15) is 5.76 Å². The van der Waals surface area contributed by atoms with E-state index in [1.54, 1.807) is 36.1 Å². The number of nitriles is 1. The fourth-order valence-corrected chi connectivity index (χ4v) is 5.52. The maximum Gasteiger partial charge on any atom is 0.254 e. The van der Waals surface area contributed by atoms with E-state index in [0.29, 0.717) is 33.3 Å². The highest BCUT2D eigenvalue weighted by Crippen LogP contribution is 2.41. The molecule has 2 amide bonds. The minimum absolute atomic E-state index is 0.0565. The minimum atomic E-state index is -0.734. The Morgan fingerprint density at radius 2 is 1.52 bits per heavy atom. The van der Waals surface area contributed by atoms with Crippen LogP contribution in [0.3, 0.4) is 0 Å². The third-order valence-corrected chi connectivity index (χ3v) is 7.37. The second kappa shape index (κ2) is 12.2. The first kappa shape index (κ1) is 26.6. The molecule has 8 heteroatoms. The first-order chi connectivity index (χ1) is 19.6. The second-order valence-corrected chi connectivity index (χ2v) is 9.96. The molecule has 0 unspecified atom stereocenters. The van der Waals surface area contributed by atoms with E-state index in [9.17, 15) is 14.9 Å². The van der Waals surface area contributed by atoms with Crippen molar-refractivity contribution >= 4 is 40.6 Å². The van der Waals surface area contributed by atoms with Gasteiger partial charge >= 0.3 is 0 Å². The van der Waals surface area contributed by atoms with Crippen LogP contribution in [0.5, 0.6) is 0 Å². The van der Waals surface area contributed by atoms with E-state index in [1.165, 1.54) is 18.0 Å². The molecule has 5 rings (SSSR count). The number of nitrogens with zero attached hydrogens (tertiary/aromatic N) is 2. The van der Waals surface area contributed by atoms with Crippen molar-refractivity contribution in [2.24, 2.45) is 0 Å². The van der Waals surface area contributed by atoms with Gasteiger partial charge in [0.25, 0.3) is 5.91 Å². The van der Waals surface area contributed by atoms with Crippen molar-refractivity contribution in [2.75, 3.05) is 16.0 Å². The number of rotatable bonds is 8. The first-order valence-electron chi connectivity index (χ1n) is 12.6. The van der Waals surface area contributed by atoms with Gasteiger partial charge in [-0.15, -0.1) is 0 Å². The van der Waals surface area contributed by atoms with Crippen LogP contribution in [-0.4, -0.2) is 17.6 Å². The number of carbonyl (C=O) groups is 2. The number of hydrogen-bond acceptors (Lipinski definition) is 6. The van der Waals surface area contributed by atoms with Crippen molar-refractivity contribution in [3.05, 3.63) is 137 Å². The summed E-state index contributed by atoms with van der Waals surface area (Å²) in [4.78, 5) is 28.8. The Hall–Kier alpha value is -5.00. The molecule has 0 saturated heterocycles. The van der Waals surface area contributed by atoms with Gasteiger partial charge in [-0.2, -0.15) is 5.26 Å². The molecule has 1 aromatic heterocycles. The first-order valence-corrected chi connectivity index (χ1v) is 13.6. The van der Waals surface area contributed by atoms with Crippen LogP contribution in [0.25, 0.3) is 0 Å². The molecule has 0 spiro atoms. The zero-order chi connectivity index (χ0) is 27.9. The van der Waals surface area contributed by atoms with Crippen LogP contribution in [-0.2, 0) is 9.59 Å². The van der Waals surface area contributed by atoms with Crippen molar-refractivity contribution in [3.8, 4) is 6.07 Å². The third-order valence-electron chi connectivity index (χ3n) is 6.37. The van der Waals surface area contributed by atoms with Gasteiger partial charge in [0, 0.05) is 22.8 Å². The Balaban J connectivity index is 1.44. The summed E-state index contributed by atoms with van der Waals surface area (Å²) < 4.78 is 5.70. The lowest BCUT2D eigenvalue weighted by Crippen LogP contribution is -2.32. The summed E-state index contributed by atoms with van der Waals surface area (Å²) in [5.74, 6) is -0.708. The van der Waals surface area contributed by atoms with E-state index < -0.39 is 5.92 Å². The van der Waals surface area contributed by atoms with Crippen LogP contribution in [0.1, 0.15) is 18.6 Å². The molecule has 1 aliphatic rings. The number of furan rings is 1. The van der Waals surface area contributed by atoms with Crippen molar-refractivity contribution in [1.29, 1.82) is 5.26 Å². The number of carbonyl (C=O) groups excluding carboxylic acids is 2. The number of hydrogen-bond donors (Lipinski definition) is 2. The standard InChI is InChI=1S/C32H26N4O3S/c1-22-29(31(38)35-23-12-5-2-6-13-23)30(27-18-11-19-39-27)26(20-33)32(34-22)40-21-28(37)36(24-14-7-3-8-15-24)25-16-9-4-10-17-25/h2-19,30,34H,21H2,1H3,(H,35,38)/t30-/m1/s1. The average Bonchev–Trinajstić information content (AvgIpc) is 3.52. The second-order valence-electron chi connectivity index (χ2n) is 8.98.